The lowest BCUT2D eigenvalue weighted by Gasteiger charge is -2.18. The second kappa shape index (κ2) is 52.5. The van der Waals surface area contributed by atoms with Crippen LogP contribution < -0.4 is 0 Å². The summed E-state index contributed by atoms with van der Waals surface area (Å²) in [5, 5.41) is 0. The summed E-state index contributed by atoms with van der Waals surface area (Å²) < 4.78 is 16.8. The fourth-order valence-corrected chi connectivity index (χ4v) is 7.35. The number of ether oxygens (including phenoxy) is 3. The van der Waals surface area contributed by atoms with Crippen molar-refractivity contribution in [2.24, 2.45) is 0 Å². The van der Waals surface area contributed by atoms with Gasteiger partial charge in [-0.3, -0.25) is 14.4 Å². The Balaban J connectivity index is 4.47. The number of carbonyl (C=O) groups excluding carboxylic acids is 3. The molecule has 1 atom stereocenters. The number of allylic oxidation sites excluding steroid dienone is 12. The van der Waals surface area contributed by atoms with Crippen LogP contribution in [0, 0.1) is 0 Å². The minimum atomic E-state index is -0.802. The Hall–Kier alpha value is -3.15. The molecule has 0 aliphatic rings. The van der Waals surface area contributed by atoms with Gasteiger partial charge >= 0.3 is 17.9 Å². The van der Waals surface area contributed by atoms with Crippen molar-refractivity contribution in [1.29, 1.82) is 0 Å². The number of hydrogen-bond donors (Lipinski definition) is 0. The van der Waals surface area contributed by atoms with Gasteiger partial charge in [-0.15, -0.1) is 0 Å². The third kappa shape index (κ3) is 49.9. The molecule has 0 aromatic rings. The molecule has 0 heterocycles. The fourth-order valence-electron chi connectivity index (χ4n) is 7.35. The Bertz CT molecular complexity index is 1210. The van der Waals surface area contributed by atoms with Gasteiger partial charge in [-0.25, -0.2) is 0 Å². The predicted octanol–water partition coefficient (Wildman–Crippen LogP) is 17.8. The molecule has 0 rings (SSSR count). The zero-order chi connectivity index (χ0) is 46.5. The van der Waals surface area contributed by atoms with Gasteiger partial charge in [0.25, 0.3) is 0 Å². The van der Waals surface area contributed by atoms with Crippen molar-refractivity contribution >= 4 is 17.9 Å². The van der Waals surface area contributed by atoms with Crippen LogP contribution >= 0.6 is 0 Å². The predicted molar refractivity (Wildman–Crippen MR) is 274 cm³/mol. The molecule has 6 heteroatoms. The van der Waals surface area contributed by atoms with Gasteiger partial charge in [0, 0.05) is 19.3 Å². The molecule has 0 aromatic heterocycles. The molecule has 0 spiro atoms. The summed E-state index contributed by atoms with van der Waals surface area (Å²) in [6, 6.07) is 0. The highest BCUT2D eigenvalue weighted by atomic mass is 16.6. The third-order valence-corrected chi connectivity index (χ3v) is 11.4. The van der Waals surface area contributed by atoms with E-state index >= 15 is 0 Å². The monoisotopic (exact) mass is 893 g/mol. The summed E-state index contributed by atoms with van der Waals surface area (Å²) in [4.78, 5) is 38.0. The number of carbonyl (C=O) groups is 3. The van der Waals surface area contributed by atoms with Gasteiger partial charge in [0.2, 0.25) is 0 Å². The van der Waals surface area contributed by atoms with E-state index in [4.69, 9.17) is 14.2 Å². The van der Waals surface area contributed by atoms with Crippen LogP contribution in [-0.2, 0) is 28.6 Å². The zero-order valence-corrected chi connectivity index (χ0v) is 42.0. The second-order valence-electron chi connectivity index (χ2n) is 17.8. The van der Waals surface area contributed by atoms with E-state index in [0.717, 1.165) is 83.5 Å². The molecule has 0 amide bonds. The molecule has 64 heavy (non-hydrogen) atoms. The molecule has 0 aliphatic heterocycles. The lowest BCUT2D eigenvalue weighted by atomic mass is 10.0. The number of hydrogen-bond acceptors (Lipinski definition) is 6. The van der Waals surface area contributed by atoms with Crippen LogP contribution in [0.15, 0.2) is 72.9 Å². The first kappa shape index (κ1) is 60.9. The lowest BCUT2D eigenvalue weighted by Crippen LogP contribution is -2.30. The minimum Gasteiger partial charge on any atom is -0.462 e. The average molecular weight is 893 g/mol. The van der Waals surface area contributed by atoms with E-state index in [9.17, 15) is 14.4 Å². The van der Waals surface area contributed by atoms with Crippen molar-refractivity contribution in [3.8, 4) is 0 Å². The number of esters is 3. The van der Waals surface area contributed by atoms with Crippen LogP contribution in [0.2, 0.25) is 0 Å². The standard InChI is InChI=1S/C58H100O6/c1-4-7-10-13-16-19-22-25-27-29-31-33-36-38-41-44-47-50-56(59)62-53-55(64-58(61)52-49-46-43-40-35-24-21-18-15-12-9-6-3)54-63-57(60)51-48-45-42-39-37-34-32-30-28-26-23-20-17-14-11-8-5-2/h16,19,25-28,31-34,39,42,55H,4-15,17-18,20-24,29-30,35-38,40-41,43-54H2,1-3H3/b19-16-,27-25-,28-26-,33-31-,34-32-,42-39-/t55-/m1/s1. The van der Waals surface area contributed by atoms with Crippen molar-refractivity contribution in [2.75, 3.05) is 13.2 Å². The first-order valence-corrected chi connectivity index (χ1v) is 26.9. The maximum Gasteiger partial charge on any atom is 0.306 e. The van der Waals surface area contributed by atoms with Crippen molar-refractivity contribution in [3.63, 3.8) is 0 Å². The molecule has 0 unspecified atom stereocenters. The molecule has 0 fully saturated rings. The first-order chi connectivity index (χ1) is 31.5. The first-order valence-electron chi connectivity index (χ1n) is 26.9. The van der Waals surface area contributed by atoms with Crippen LogP contribution in [0.5, 0.6) is 0 Å². The Morgan fingerprint density at radius 1 is 0.312 bits per heavy atom. The molecule has 0 bridgehead atoms. The van der Waals surface area contributed by atoms with Crippen LogP contribution in [0.4, 0.5) is 0 Å². The molecule has 0 saturated carbocycles. The summed E-state index contributed by atoms with van der Waals surface area (Å²) in [6.45, 7) is 6.54. The summed E-state index contributed by atoms with van der Waals surface area (Å²) in [6.07, 6.45) is 66.0. The lowest BCUT2D eigenvalue weighted by molar-refractivity contribution is -0.167. The van der Waals surface area contributed by atoms with Gasteiger partial charge in [-0.05, 0) is 89.9 Å². The highest BCUT2D eigenvalue weighted by molar-refractivity contribution is 5.71. The van der Waals surface area contributed by atoms with Crippen molar-refractivity contribution < 1.29 is 28.6 Å². The Morgan fingerprint density at radius 2 is 0.578 bits per heavy atom. The maximum absolute atomic E-state index is 12.8. The molecule has 0 aromatic carbocycles. The van der Waals surface area contributed by atoms with Crippen LogP contribution in [0.3, 0.4) is 0 Å². The molecular weight excluding hydrogens is 793 g/mol. The molecule has 0 radical (unpaired) electrons. The summed E-state index contributed by atoms with van der Waals surface area (Å²) >= 11 is 0. The summed E-state index contributed by atoms with van der Waals surface area (Å²) in [5.74, 6) is -0.970. The zero-order valence-electron chi connectivity index (χ0n) is 42.0. The maximum atomic E-state index is 12.8. The third-order valence-electron chi connectivity index (χ3n) is 11.4. The molecule has 0 saturated heterocycles. The van der Waals surface area contributed by atoms with Gasteiger partial charge in [-0.1, -0.05) is 222 Å². The van der Waals surface area contributed by atoms with Gasteiger partial charge in [-0.2, -0.15) is 0 Å². The van der Waals surface area contributed by atoms with Crippen LogP contribution in [0.1, 0.15) is 258 Å². The minimum absolute atomic E-state index is 0.101. The van der Waals surface area contributed by atoms with E-state index in [0.29, 0.717) is 19.3 Å². The molecule has 0 N–H and O–H groups in total. The van der Waals surface area contributed by atoms with E-state index in [2.05, 4.69) is 93.7 Å². The van der Waals surface area contributed by atoms with E-state index in [-0.39, 0.29) is 37.5 Å². The quantitative estimate of drug-likeness (QED) is 0.0262. The molecular formula is C58H100O6. The Kier molecular flexibility index (Phi) is 49.9. The van der Waals surface area contributed by atoms with Gasteiger partial charge in [0.1, 0.15) is 13.2 Å². The second-order valence-corrected chi connectivity index (χ2v) is 17.8. The van der Waals surface area contributed by atoms with Gasteiger partial charge in [0.05, 0.1) is 0 Å². The van der Waals surface area contributed by atoms with Crippen molar-refractivity contribution in [1.82, 2.24) is 0 Å². The molecule has 6 nitrogen and oxygen atoms in total. The Labute approximate surface area is 395 Å². The van der Waals surface area contributed by atoms with Crippen molar-refractivity contribution in [2.45, 2.75) is 264 Å². The van der Waals surface area contributed by atoms with E-state index < -0.39 is 6.10 Å². The van der Waals surface area contributed by atoms with Gasteiger partial charge in [0.15, 0.2) is 6.10 Å². The highest BCUT2D eigenvalue weighted by Crippen LogP contribution is 2.14. The van der Waals surface area contributed by atoms with Crippen LogP contribution in [-0.4, -0.2) is 37.2 Å². The SMILES string of the molecule is CCCCC/C=C\C/C=C\C/C=C\CCCCCCC(=O)OC[C@H](COC(=O)CCC/C=C\C/C=C\C/C=C\CCCCCCCC)OC(=O)CCCCCCCCCCCCCC. The normalized spacial score (nSPS) is 12.6. The highest BCUT2D eigenvalue weighted by Gasteiger charge is 2.19. The van der Waals surface area contributed by atoms with Gasteiger partial charge < -0.3 is 14.2 Å². The topological polar surface area (TPSA) is 78.9 Å². The van der Waals surface area contributed by atoms with E-state index in [1.807, 2.05) is 0 Å². The Morgan fingerprint density at radius 3 is 0.969 bits per heavy atom. The number of rotatable bonds is 48. The molecule has 368 valence electrons. The molecule has 0 aliphatic carbocycles. The average Bonchev–Trinajstić information content (AvgIpc) is 3.29. The van der Waals surface area contributed by atoms with E-state index in [1.54, 1.807) is 0 Å². The fraction of sp³-hybridized carbons (Fsp3) is 0.741. The summed E-state index contributed by atoms with van der Waals surface area (Å²) in [5.41, 5.74) is 0. The largest absolute Gasteiger partial charge is 0.462 e. The smallest absolute Gasteiger partial charge is 0.306 e. The van der Waals surface area contributed by atoms with E-state index in [1.165, 1.54) is 128 Å². The van der Waals surface area contributed by atoms with Crippen LogP contribution in [0.25, 0.3) is 0 Å². The summed E-state index contributed by atoms with van der Waals surface area (Å²) in [7, 11) is 0. The number of unbranched alkanes of at least 4 members (excludes halogenated alkanes) is 25. The van der Waals surface area contributed by atoms with Crippen molar-refractivity contribution in [3.05, 3.63) is 72.9 Å².